The van der Waals surface area contributed by atoms with Crippen LogP contribution in [0.5, 0.6) is 28.7 Å². The second kappa shape index (κ2) is 10.1. The molecule has 0 aliphatic carbocycles. The van der Waals surface area contributed by atoms with Gasteiger partial charge in [-0.05, 0) is 67.8 Å². The molecule has 0 heterocycles. The Labute approximate surface area is 187 Å². The first-order chi connectivity index (χ1) is 15.3. The number of rotatable bonds is 8. The Hall–Kier alpha value is -3.67. The van der Waals surface area contributed by atoms with Gasteiger partial charge in [0.25, 0.3) is 0 Å². The molecule has 0 saturated heterocycles. The zero-order chi connectivity index (χ0) is 23.3. The highest BCUT2D eigenvalue weighted by Crippen LogP contribution is 2.43. The molecule has 0 aromatic heterocycles. The number of methoxy groups -OCH3 is 2. The zero-order valence-electron chi connectivity index (χ0n) is 18.6. The summed E-state index contributed by atoms with van der Waals surface area (Å²) in [5, 5.41) is 19.9. The summed E-state index contributed by atoms with van der Waals surface area (Å²) in [7, 11) is 3.06. The molecule has 2 N–H and O–H groups in total. The first kappa shape index (κ1) is 23.0. The van der Waals surface area contributed by atoms with Gasteiger partial charge in [-0.15, -0.1) is 0 Å². The molecule has 5 nitrogen and oxygen atoms in total. The SMILES string of the molecule is COc1cc(-c2ccc(O)c(F)c2)c(OC)cc1-c1ccc(OCCC=C(C)C)c(O)c1. The lowest BCUT2D eigenvalue weighted by molar-refractivity contribution is 0.305. The fourth-order valence-electron chi connectivity index (χ4n) is 3.35. The smallest absolute Gasteiger partial charge is 0.165 e. The number of halogens is 1. The van der Waals surface area contributed by atoms with Crippen molar-refractivity contribution in [2.75, 3.05) is 20.8 Å². The third kappa shape index (κ3) is 5.14. The van der Waals surface area contributed by atoms with Gasteiger partial charge in [-0.3, -0.25) is 0 Å². The lowest BCUT2D eigenvalue weighted by Gasteiger charge is -2.16. The highest BCUT2D eigenvalue weighted by atomic mass is 19.1. The van der Waals surface area contributed by atoms with Gasteiger partial charge in [-0.25, -0.2) is 4.39 Å². The van der Waals surface area contributed by atoms with Crippen LogP contribution in [0.2, 0.25) is 0 Å². The minimum atomic E-state index is -0.724. The fourth-order valence-corrected chi connectivity index (χ4v) is 3.35. The first-order valence-corrected chi connectivity index (χ1v) is 10.2. The van der Waals surface area contributed by atoms with Gasteiger partial charge in [0.2, 0.25) is 0 Å². The summed E-state index contributed by atoms with van der Waals surface area (Å²) in [5.41, 5.74) is 3.75. The molecule has 0 saturated carbocycles. The van der Waals surface area contributed by atoms with Crippen molar-refractivity contribution in [3.63, 3.8) is 0 Å². The third-order valence-electron chi connectivity index (χ3n) is 4.98. The van der Waals surface area contributed by atoms with Crippen LogP contribution in [-0.2, 0) is 0 Å². The number of phenols is 2. The van der Waals surface area contributed by atoms with Crippen LogP contribution in [0.25, 0.3) is 22.3 Å². The van der Waals surface area contributed by atoms with Gasteiger partial charge in [0.15, 0.2) is 23.1 Å². The van der Waals surface area contributed by atoms with Crippen molar-refractivity contribution in [2.45, 2.75) is 20.3 Å². The number of ether oxygens (including phenoxy) is 3. The van der Waals surface area contributed by atoms with Crippen molar-refractivity contribution < 1.29 is 28.8 Å². The summed E-state index contributed by atoms with van der Waals surface area (Å²) in [5.74, 6) is 0.286. The second-order valence-electron chi connectivity index (χ2n) is 7.52. The Morgan fingerprint density at radius 3 is 1.94 bits per heavy atom. The van der Waals surface area contributed by atoms with Crippen LogP contribution in [-0.4, -0.2) is 31.0 Å². The molecule has 3 aromatic carbocycles. The van der Waals surface area contributed by atoms with Crippen molar-refractivity contribution in [1.82, 2.24) is 0 Å². The monoisotopic (exact) mass is 438 g/mol. The topological polar surface area (TPSA) is 68.2 Å². The van der Waals surface area contributed by atoms with E-state index < -0.39 is 11.6 Å². The highest BCUT2D eigenvalue weighted by Gasteiger charge is 2.17. The van der Waals surface area contributed by atoms with E-state index >= 15 is 0 Å². The molecule has 0 aliphatic rings. The normalized spacial score (nSPS) is 10.5. The molecule has 0 aliphatic heterocycles. The van der Waals surface area contributed by atoms with E-state index in [2.05, 4.69) is 6.08 Å². The zero-order valence-corrected chi connectivity index (χ0v) is 18.6. The lowest BCUT2D eigenvalue weighted by atomic mass is 9.97. The average Bonchev–Trinajstić information content (AvgIpc) is 2.78. The van der Waals surface area contributed by atoms with Crippen molar-refractivity contribution in [3.05, 3.63) is 66.0 Å². The van der Waals surface area contributed by atoms with Gasteiger partial charge in [0.1, 0.15) is 11.5 Å². The largest absolute Gasteiger partial charge is 0.505 e. The Kier molecular flexibility index (Phi) is 7.25. The summed E-state index contributed by atoms with van der Waals surface area (Å²) in [4.78, 5) is 0. The van der Waals surface area contributed by atoms with Gasteiger partial charge in [-0.1, -0.05) is 23.8 Å². The van der Waals surface area contributed by atoms with E-state index in [0.717, 1.165) is 6.42 Å². The molecule has 0 amide bonds. The first-order valence-electron chi connectivity index (χ1n) is 10.2. The van der Waals surface area contributed by atoms with E-state index in [1.165, 1.54) is 31.9 Å². The summed E-state index contributed by atoms with van der Waals surface area (Å²) in [6.07, 6.45) is 2.83. The second-order valence-corrected chi connectivity index (χ2v) is 7.52. The summed E-state index contributed by atoms with van der Waals surface area (Å²) in [6.45, 7) is 4.52. The van der Waals surface area contributed by atoms with E-state index in [4.69, 9.17) is 14.2 Å². The summed E-state index contributed by atoms with van der Waals surface area (Å²) < 4.78 is 30.7. The molecule has 168 valence electrons. The summed E-state index contributed by atoms with van der Waals surface area (Å²) >= 11 is 0. The van der Waals surface area contributed by atoms with E-state index in [-0.39, 0.29) is 5.75 Å². The molecule has 0 bridgehead atoms. The molecule has 0 unspecified atom stereocenters. The molecule has 3 rings (SSSR count). The molecule has 0 spiro atoms. The standard InChI is InChI=1S/C26H27FO5/c1-16(2)6-5-11-32-24-10-8-18(13-23(24)29)20-15-25(30-3)19(14-26(20)31-4)17-7-9-22(28)21(27)12-17/h6-10,12-15,28-29H,5,11H2,1-4H3. The van der Waals surface area contributed by atoms with Crippen LogP contribution in [0.1, 0.15) is 20.3 Å². The third-order valence-corrected chi connectivity index (χ3v) is 4.98. The number of hydrogen-bond acceptors (Lipinski definition) is 5. The minimum absolute atomic E-state index is 0.0189. The Morgan fingerprint density at radius 2 is 1.41 bits per heavy atom. The van der Waals surface area contributed by atoms with Gasteiger partial charge < -0.3 is 24.4 Å². The predicted molar refractivity (Wildman–Crippen MR) is 123 cm³/mol. The maximum atomic E-state index is 13.9. The maximum absolute atomic E-state index is 13.9. The number of phenolic OH excluding ortho intramolecular Hbond substituents is 2. The number of allylic oxidation sites excluding steroid dienone is 1. The minimum Gasteiger partial charge on any atom is -0.505 e. The molecule has 0 atom stereocenters. The van der Waals surface area contributed by atoms with Crippen LogP contribution in [0.15, 0.2) is 60.2 Å². The van der Waals surface area contributed by atoms with Gasteiger partial charge in [-0.2, -0.15) is 0 Å². The van der Waals surface area contributed by atoms with Crippen molar-refractivity contribution in [2.24, 2.45) is 0 Å². The molecular weight excluding hydrogens is 411 g/mol. The molecule has 32 heavy (non-hydrogen) atoms. The predicted octanol–water partition coefficient (Wildman–Crippen LogP) is 6.32. The average molecular weight is 438 g/mol. The van der Waals surface area contributed by atoms with E-state index in [1.54, 1.807) is 30.3 Å². The van der Waals surface area contributed by atoms with Crippen LogP contribution in [0.4, 0.5) is 4.39 Å². The van der Waals surface area contributed by atoms with Crippen molar-refractivity contribution in [3.8, 4) is 51.0 Å². The lowest BCUT2D eigenvalue weighted by Crippen LogP contribution is -1.97. The van der Waals surface area contributed by atoms with Gasteiger partial charge in [0, 0.05) is 11.1 Å². The van der Waals surface area contributed by atoms with Crippen LogP contribution in [0.3, 0.4) is 0 Å². The highest BCUT2D eigenvalue weighted by molar-refractivity contribution is 5.82. The van der Waals surface area contributed by atoms with E-state index in [1.807, 2.05) is 19.9 Å². The Bertz CT molecular complexity index is 1130. The van der Waals surface area contributed by atoms with Crippen molar-refractivity contribution in [1.29, 1.82) is 0 Å². The van der Waals surface area contributed by atoms with Crippen LogP contribution < -0.4 is 14.2 Å². The fraction of sp³-hybridized carbons (Fsp3) is 0.231. The number of aromatic hydroxyl groups is 2. The molecule has 6 heteroatoms. The van der Waals surface area contributed by atoms with E-state index in [9.17, 15) is 14.6 Å². The van der Waals surface area contributed by atoms with Crippen LogP contribution in [0, 0.1) is 5.82 Å². The number of hydrogen-bond donors (Lipinski definition) is 2. The van der Waals surface area contributed by atoms with E-state index in [0.29, 0.717) is 46.1 Å². The number of benzene rings is 3. The summed E-state index contributed by atoms with van der Waals surface area (Å²) in [6, 6.07) is 12.8. The molecular formula is C26H27FO5. The molecule has 0 radical (unpaired) electrons. The molecule has 3 aromatic rings. The molecule has 0 fully saturated rings. The Morgan fingerprint density at radius 1 is 0.812 bits per heavy atom. The van der Waals surface area contributed by atoms with Crippen molar-refractivity contribution >= 4 is 0 Å². The quantitative estimate of drug-likeness (QED) is 0.318. The Balaban J connectivity index is 1.96. The van der Waals surface area contributed by atoms with Gasteiger partial charge >= 0.3 is 0 Å². The van der Waals surface area contributed by atoms with Gasteiger partial charge in [0.05, 0.1) is 20.8 Å². The maximum Gasteiger partial charge on any atom is 0.165 e. The van der Waals surface area contributed by atoms with Crippen LogP contribution >= 0.6 is 0 Å².